The highest BCUT2D eigenvalue weighted by atomic mass is 79.9. The molecule has 1 aromatic carbocycles. The second-order valence-electron chi connectivity index (χ2n) is 6.07. The van der Waals surface area contributed by atoms with Crippen LogP contribution in [0.4, 0.5) is 0 Å². The van der Waals surface area contributed by atoms with Crippen molar-refractivity contribution in [2.24, 2.45) is 0 Å². The van der Waals surface area contributed by atoms with Crippen molar-refractivity contribution in [2.75, 3.05) is 0 Å². The van der Waals surface area contributed by atoms with E-state index in [0.29, 0.717) is 28.5 Å². The minimum Gasteiger partial charge on any atom is -0.338 e. The fourth-order valence-corrected chi connectivity index (χ4v) is 3.98. The third-order valence-corrected chi connectivity index (χ3v) is 5.49. The van der Waals surface area contributed by atoms with Gasteiger partial charge in [0, 0.05) is 17.4 Å². The molecule has 0 amide bonds. The summed E-state index contributed by atoms with van der Waals surface area (Å²) < 4.78 is 7.99. The topological polar surface area (TPSA) is 73.8 Å². The smallest absolute Gasteiger partial charge is 0.262 e. The number of thioether (sulfide) groups is 1. The van der Waals surface area contributed by atoms with Gasteiger partial charge in [-0.1, -0.05) is 46.7 Å². The Morgan fingerprint density at radius 1 is 1.27 bits per heavy atom. The third kappa shape index (κ3) is 4.01. The van der Waals surface area contributed by atoms with Gasteiger partial charge in [0.15, 0.2) is 11.0 Å². The summed E-state index contributed by atoms with van der Waals surface area (Å²) in [6.45, 7) is 6.73. The number of hydrogen-bond acceptors (Lipinski definition) is 6. The van der Waals surface area contributed by atoms with Crippen molar-refractivity contribution in [3.8, 4) is 0 Å². The number of hydrogen-bond donors (Lipinski definition) is 0. The summed E-state index contributed by atoms with van der Waals surface area (Å²) in [7, 11) is 0. The molecule has 0 fully saturated rings. The van der Waals surface area contributed by atoms with Crippen LogP contribution < -0.4 is 5.56 Å². The Morgan fingerprint density at radius 2 is 2.08 bits per heavy atom. The van der Waals surface area contributed by atoms with Crippen molar-refractivity contribution in [1.29, 1.82) is 0 Å². The van der Waals surface area contributed by atoms with Crippen LogP contribution in [0.3, 0.4) is 0 Å². The van der Waals surface area contributed by atoms with E-state index < -0.39 is 0 Å². The molecule has 3 rings (SSSR count). The fourth-order valence-electron chi connectivity index (χ4n) is 2.65. The van der Waals surface area contributed by atoms with Gasteiger partial charge in [0.2, 0.25) is 5.89 Å². The van der Waals surface area contributed by atoms with Gasteiger partial charge in [-0.2, -0.15) is 4.98 Å². The Kier molecular flexibility index (Phi) is 6.13. The SMILES string of the molecule is CCCc1noc(C(C)Sc2nc3ccc(Br)cc3c(=O)n2CCC)n1. The lowest BCUT2D eigenvalue weighted by Crippen LogP contribution is -2.23. The normalized spacial score (nSPS) is 12.6. The van der Waals surface area contributed by atoms with Crippen molar-refractivity contribution in [3.05, 3.63) is 44.7 Å². The van der Waals surface area contributed by atoms with E-state index in [1.54, 1.807) is 4.57 Å². The molecule has 0 bridgehead atoms. The molecule has 1 atom stereocenters. The Labute approximate surface area is 164 Å². The van der Waals surface area contributed by atoms with Gasteiger partial charge >= 0.3 is 0 Å². The molecule has 0 aliphatic rings. The molecule has 138 valence electrons. The summed E-state index contributed by atoms with van der Waals surface area (Å²) in [4.78, 5) is 22.1. The van der Waals surface area contributed by atoms with E-state index in [4.69, 9.17) is 9.51 Å². The maximum Gasteiger partial charge on any atom is 0.262 e. The highest BCUT2D eigenvalue weighted by Gasteiger charge is 2.20. The first-order valence-electron chi connectivity index (χ1n) is 8.72. The predicted octanol–water partition coefficient (Wildman–Crippen LogP) is 4.76. The summed E-state index contributed by atoms with van der Waals surface area (Å²) in [5, 5.41) is 5.22. The first kappa shape index (κ1) is 19.1. The van der Waals surface area contributed by atoms with E-state index >= 15 is 0 Å². The minimum absolute atomic E-state index is 0.0231. The molecule has 0 radical (unpaired) electrons. The van der Waals surface area contributed by atoms with Gasteiger partial charge in [-0.3, -0.25) is 9.36 Å². The van der Waals surface area contributed by atoms with Crippen LogP contribution >= 0.6 is 27.7 Å². The van der Waals surface area contributed by atoms with Crippen molar-refractivity contribution in [1.82, 2.24) is 19.7 Å². The number of benzene rings is 1. The molecule has 0 saturated heterocycles. The summed E-state index contributed by atoms with van der Waals surface area (Å²) in [5.41, 5.74) is 0.669. The van der Waals surface area contributed by atoms with Crippen LogP contribution in [0.2, 0.25) is 0 Å². The number of nitrogens with zero attached hydrogens (tertiary/aromatic N) is 4. The monoisotopic (exact) mass is 436 g/mol. The quantitative estimate of drug-likeness (QED) is 0.392. The average Bonchev–Trinajstić information content (AvgIpc) is 3.08. The minimum atomic E-state index is -0.0870. The molecule has 3 aromatic rings. The highest BCUT2D eigenvalue weighted by Crippen LogP contribution is 2.33. The highest BCUT2D eigenvalue weighted by molar-refractivity contribution is 9.10. The zero-order chi connectivity index (χ0) is 18.7. The fraction of sp³-hybridized carbons (Fsp3) is 0.444. The van der Waals surface area contributed by atoms with Crippen molar-refractivity contribution in [2.45, 2.75) is 57.0 Å². The van der Waals surface area contributed by atoms with E-state index in [9.17, 15) is 4.79 Å². The largest absolute Gasteiger partial charge is 0.338 e. The van der Waals surface area contributed by atoms with E-state index in [1.165, 1.54) is 11.8 Å². The second kappa shape index (κ2) is 8.35. The summed E-state index contributed by atoms with van der Waals surface area (Å²) in [6, 6.07) is 5.58. The van der Waals surface area contributed by atoms with Gasteiger partial charge in [-0.25, -0.2) is 4.98 Å². The molecule has 2 aromatic heterocycles. The Morgan fingerprint density at radius 3 is 2.81 bits per heavy atom. The number of fused-ring (bicyclic) bond motifs is 1. The third-order valence-electron chi connectivity index (χ3n) is 3.92. The van der Waals surface area contributed by atoms with Gasteiger partial charge in [0.05, 0.1) is 16.2 Å². The summed E-state index contributed by atoms with van der Waals surface area (Å²) >= 11 is 4.90. The van der Waals surface area contributed by atoms with Crippen LogP contribution in [-0.2, 0) is 13.0 Å². The van der Waals surface area contributed by atoms with Crippen LogP contribution in [0, 0.1) is 0 Å². The lowest BCUT2D eigenvalue weighted by Gasteiger charge is -2.14. The molecule has 0 N–H and O–H groups in total. The Hall–Kier alpha value is -1.67. The van der Waals surface area contributed by atoms with Gasteiger partial charge in [-0.15, -0.1) is 0 Å². The molecule has 0 aliphatic carbocycles. The van der Waals surface area contributed by atoms with E-state index in [2.05, 4.69) is 33.0 Å². The lowest BCUT2D eigenvalue weighted by molar-refractivity contribution is 0.374. The molecule has 2 heterocycles. The number of aromatic nitrogens is 4. The van der Waals surface area contributed by atoms with Crippen molar-refractivity contribution >= 4 is 38.6 Å². The molecule has 8 heteroatoms. The van der Waals surface area contributed by atoms with Gasteiger partial charge in [-0.05, 0) is 38.0 Å². The maximum atomic E-state index is 12.9. The number of rotatable bonds is 7. The van der Waals surface area contributed by atoms with E-state index in [0.717, 1.165) is 29.6 Å². The first-order chi connectivity index (χ1) is 12.5. The number of halogens is 1. The summed E-state index contributed by atoms with van der Waals surface area (Å²) in [5.74, 6) is 1.28. The van der Waals surface area contributed by atoms with E-state index in [1.807, 2.05) is 32.0 Å². The van der Waals surface area contributed by atoms with Gasteiger partial charge < -0.3 is 4.52 Å². The average molecular weight is 437 g/mol. The van der Waals surface area contributed by atoms with Crippen LogP contribution in [0.15, 0.2) is 37.1 Å². The van der Waals surface area contributed by atoms with Crippen molar-refractivity contribution < 1.29 is 4.52 Å². The summed E-state index contributed by atoms with van der Waals surface area (Å²) in [6.07, 6.45) is 2.62. The zero-order valence-electron chi connectivity index (χ0n) is 15.0. The standard InChI is InChI=1S/C18H21BrN4O2S/c1-4-6-15-21-16(25-22-15)11(3)26-18-20-14-8-7-12(19)10-13(14)17(24)23(18)9-5-2/h7-8,10-11H,4-6,9H2,1-3H3. The lowest BCUT2D eigenvalue weighted by atomic mass is 10.2. The molecule has 0 aliphatic heterocycles. The molecule has 6 nitrogen and oxygen atoms in total. The molecular weight excluding hydrogens is 416 g/mol. The molecule has 0 saturated carbocycles. The molecule has 26 heavy (non-hydrogen) atoms. The molecule has 1 unspecified atom stereocenters. The maximum absolute atomic E-state index is 12.9. The Bertz CT molecular complexity index is 969. The molecule has 0 spiro atoms. The van der Waals surface area contributed by atoms with E-state index in [-0.39, 0.29) is 10.8 Å². The zero-order valence-corrected chi connectivity index (χ0v) is 17.4. The first-order valence-corrected chi connectivity index (χ1v) is 10.4. The van der Waals surface area contributed by atoms with Crippen LogP contribution in [0.25, 0.3) is 10.9 Å². The van der Waals surface area contributed by atoms with Crippen LogP contribution in [0.5, 0.6) is 0 Å². The van der Waals surface area contributed by atoms with Crippen molar-refractivity contribution in [3.63, 3.8) is 0 Å². The molecular formula is C18H21BrN4O2S. The number of aryl methyl sites for hydroxylation is 1. The van der Waals surface area contributed by atoms with Gasteiger partial charge in [0.1, 0.15) is 0 Å². The van der Waals surface area contributed by atoms with Gasteiger partial charge in [0.25, 0.3) is 5.56 Å². The predicted molar refractivity (Wildman–Crippen MR) is 107 cm³/mol. The second-order valence-corrected chi connectivity index (χ2v) is 8.30. The Balaban J connectivity index is 1.98. The van der Waals surface area contributed by atoms with Crippen LogP contribution in [-0.4, -0.2) is 19.7 Å². The van der Waals surface area contributed by atoms with Crippen LogP contribution in [0.1, 0.15) is 50.6 Å².